The number of nitrogens with zero attached hydrogens (tertiary/aromatic N) is 1. The first-order valence-corrected chi connectivity index (χ1v) is 7.67. The topological polar surface area (TPSA) is 29.5 Å². The second kappa shape index (κ2) is 9.21. The van der Waals surface area contributed by atoms with Gasteiger partial charge in [0.1, 0.15) is 5.60 Å². The second-order valence-corrected chi connectivity index (χ2v) is 6.23. The normalized spacial score (nSPS) is 11.8. The Hall–Kier alpha value is -1.87. The van der Waals surface area contributed by atoms with Crippen molar-refractivity contribution in [1.29, 1.82) is 0 Å². The van der Waals surface area contributed by atoms with Crippen LogP contribution in [0.15, 0.2) is 55.1 Å². The van der Waals surface area contributed by atoms with Crippen molar-refractivity contribution in [2.45, 2.75) is 39.3 Å². The van der Waals surface area contributed by atoms with Crippen molar-refractivity contribution in [2.24, 2.45) is 0 Å². The molecule has 3 nitrogen and oxygen atoms in total. The standard InChI is InChI=1S/C19H27NO2/c1-5-14-20(16-17-11-7-6-8-12-17)15-10-9-13-18(21)22-19(2,3)4/h5-9,11-13H,1,10,14-16H2,2-4H3/b13-9+. The minimum absolute atomic E-state index is 0.286. The summed E-state index contributed by atoms with van der Waals surface area (Å²) in [6.07, 6.45) is 6.09. The first kappa shape index (κ1) is 18.2. The summed E-state index contributed by atoms with van der Waals surface area (Å²) in [5.74, 6) is -0.286. The number of ether oxygens (including phenoxy) is 1. The number of carbonyl (C=O) groups is 1. The number of hydrogen-bond donors (Lipinski definition) is 0. The van der Waals surface area contributed by atoms with Crippen LogP contribution in [0.1, 0.15) is 32.8 Å². The van der Waals surface area contributed by atoms with Gasteiger partial charge in [0.15, 0.2) is 0 Å². The molecule has 0 aromatic heterocycles. The van der Waals surface area contributed by atoms with Crippen molar-refractivity contribution >= 4 is 5.97 Å². The van der Waals surface area contributed by atoms with Crippen LogP contribution in [0.4, 0.5) is 0 Å². The highest BCUT2D eigenvalue weighted by molar-refractivity contribution is 5.82. The molecule has 0 aliphatic heterocycles. The SMILES string of the molecule is C=CCN(CC/C=C/C(=O)OC(C)(C)C)Cc1ccccc1. The molecule has 1 rings (SSSR count). The summed E-state index contributed by atoms with van der Waals surface area (Å²) >= 11 is 0. The fourth-order valence-electron chi connectivity index (χ4n) is 2.03. The van der Waals surface area contributed by atoms with Crippen molar-refractivity contribution in [3.05, 3.63) is 60.7 Å². The summed E-state index contributed by atoms with van der Waals surface area (Å²) in [4.78, 5) is 13.9. The van der Waals surface area contributed by atoms with Gasteiger partial charge in [-0.2, -0.15) is 0 Å². The van der Waals surface area contributed by atoms with Gasteiger partial charge in [0.2, 0.25) is 0 Å². The van der Waals surface area contributed by atoms with Gasteiger partial charge in [-0.15, -0.1) is 6.58 Å². The van der Waals surface area contributed by atoms with E-state index in [1.54, 1.807) is 0 Å². The zero-order valence-electron chi connectivity index (χ0n) is 13.9. The number of esters is 1. The van der Waals surface area contributed by atoms with Crippen LogP contribution in [0, 0.1) is 0 Å². The molecular formula is C19H27NO2. The fourth-order valence-corrected chi connectivity index (χ4v) is 2.03. The third-order valence-corrected chi connectivity index (χ3v) is 2.91. The lowest BCUT2D eigenvalue weighted by atomic mass is 10.2. The molecule has 0 heterocycles. The number of rotatable bonds is 8. The van der Waals surface area contributed by atoms with Crippen LogP contribution in [0.5, 0.6) is 0 Å². The molecule has 120 valence electrons. The van der Waals surface area contributed by atoms with Gasteiger partial charge in [-0.05, 0) is 32.8 Å². The van der Waals surface area contributed by atoms with Gasteiger partial charge in [-0.25, -0.2) is 4.79 Å². The molecule has 3 heteroatoms. The highest BCUT2D eigenvalue weighted by Gasteiger charge is 2.13. The molecule has 0 spiro atoms. The molecule has 1 aromatic rings. The number of carbonyl (C=O) groups excluding carboxylic acids is 1. The predicted molar refractivity (Wildman–Crippen MR) is 91.5 cm³/mol. The summed E-state index contributed by atoms with van der Waals surface area (Å²) in [5.41, 5.74) is 0.837. The van der Waals surface area contributed by atoms with Crippen LogP contribution in [-0.2, 0) is 16.1 Å². The Labute approximate surface area is 134 Å². The largest absolute Gasteiger partial charge is 0.457 e. The zero-order chi connectivity index (χ0) is 16.4. The molecule has 0 aliphatic carbocycles. The van der Waals surface area contributed by atoms with Gasteiger partial charge in [-0.1, -0.05) is 42.5 Å². The van der Waals surface area contributed by atoms with E-state index in [9.17, 15) is 4.79 Å². The maximum atomic E-state index is 11.6. The van der Waals surface area contributed by atoms with Crippen LogP contribution in [0.3, 0.4) is 0 Å². The van der Waals surface area contributed by atoms with Crippen molar-refractivity contribution in [3.8, 4) is 0 Å². The van der Waals surface area contributed by atoms with Gasteiger partial charge >= 0.3 is 5.97 Å². The van der Waals surface area contributed by atoms with E-state index in [0.717, 1.165) is 26.1 Å². The van der Waals surface area contributed by atoms with Gasteiger partial charge in [0, 0.05) is 25.7 Å². The highest BCUT2D eigenvalue weighted by atomic mass is 16.6. The molecule has 0 unspecified atom stereocenters. The van der Waals surface area contributed by atoms with Crippen LogP contribution in [0.25, 0.3) is 0 Å². The van der Waals surface area contributed by atoms with E-state index in [-0.39, 0.29) is 5.97 Å². The molecule has 0 aliphatic rings. The first-order chi connectivity index (χ1) is 10.4. The minimum Gasteiger partial charge on any atom is -0.457 e. The van der Waals surface area contributed by atoms with Crippen LogP contribution in [0.2, 0.25) is 0 Å². The molecule has 0 fully saturated rings. The van der Waals surface area contributed by atoms with Crippen LogP contribution >= 0.6 is 0 Å². The highest BCUT2D eigenvalue weighted by Crippen LogP contribution is 2.08. The van der Waals surface area contributed by atoms with Crippen molar-refractivity contribution < 1.29 is 9.53 Å². The summed E-state index contributed by atoms with van der Waals surface area (Å²) in [6, 6.07) is 10.3. The summed E-state index contributed by atoms with van der Waals surface area (Å²) in [6.45, 7) is 12.0. The maximum absolute atomic E-state index is 11.6. The van der Waals surface area contributed by atoms with E-state index in [4.69, 9.17) is 4.74 Å². The zero-order valence-corrected chi connectivity index (χ0v) is 13.9. The maximum Gasteiger partial charge on any atom is 0.330 e. The number of hydrogen-bond acceptors (Lipinski definition) is 3. The van der Waals surface area contributed by atoms with Crippen molar-refractivity contribution in [2.75, 3.05) is 13.1 Å². The van der Waals surface area contributed by atoms with Gasteiger partial charge in [0.05, 0.1) is 0 Å². The molecule has 0 saturated heterocycles. The summed E-state index contributed by atoms with van der Waals surface area (Å²) in [7, 11) is 0. The van der Waals surface area contributed by atoms with Crippen molar-refractivity contribution in [1.82, 2.24) is 4.90 Å². The molecular weight excluding hydrogens is 274 g/mol. The average molecular weight is 301 g/mol. The molecule has 0 saturated carbocycles. The monoisotopic (exact) mass is 301 g/mol. The lowest BCUT2D eigenvalue weighted by Gasteiger charge is -2.20. The van der Waals surface area contributed by atoms with Gasteiger partial charge < -0.3 is 4.74 Å². The quantitative estimate of drug-likeness (QED) is 0.413. The van der Waals surface area contributed by atoms with Gasteiger partial charge in [-0.3, -0.25) is 4.90 Å². The first-order valence-electron chi connectivity index (χ1n) is 7.67. The molecule has 1 aromatic carbocycles. The predicted octanol–water partition coefficient (Wildman–Crippen LogP) is 3.96. The minimum atomic E-state index is -0.441. The van der Waals surface area contributed by atoms with E-state index in [2.05, 4.69) is 23.6 Å². The smallest absolute Gasteiger partial charge is 0.330 e. The Kier molecular flexibility index (Phi) is 7.61. The van der Waals surface area contributed by atoms with Gasteiger partial charge in [0.25, 0.3) is 0 Å². The molecule has 0 atom stereocenters. The Morgan fingerprint density at radius 2 is 1.95 bits per heavy atom. The Balaban J connectivity index is 2.41. The summed E-state index contributed by atoms with van der Waals surface area (Å²) < 4.78 is 5.23. The molecule has 0 N–H and O–H groups in total. The number of benzene rings is 1. The molecule has 0 radical (unpaired) electrons. The third kappa shape index (κ3) is 8.42. The molecule has 0 amide bonds. The molecule has 0 bridgehead atoms. The van der Waals surface area contributed by atoms with E-state index in [1.807, 2.05) is 51.1 Å². The fraction of sp³-hybridized carbons (Fsp3) is 0.421. The van der Waals surface area contributed by atoms with E-state index in [0.29, 0.717) is 0 Å². The van der Waals surface area contributed by atoms with Crippen LogP contribution in [-0.4, -0.2) is 29.6 Å². The van der Waals surface area contributed by atoms with E-state index < -0.39 is 5.60 Å². The van der Waals surface area contributed by atoms with E-state index in [1.165, 1.54) is 11.6 Å². The lowest BCUT2D eigenvalue weighted by molar-refractivity contribution is -0.148. The Bertz CT molecular complexity index is 486. The third-order valence-electron chi connectivity index (χ3n) is 2.91. The second-order valence-electron chi connectivity index (χ2n) is 6.23. The molecule has 22 heavy (non-hydrogen) atoms. The Morgan fingerprint density at radius 1 is 1.27 bits per heavy atom. The lowest BCUT2D eigenvalue weighted by Crippen LogP contribution is -2.24. The van der Waals surface area contributed by atoms with Crippen LogP contribution < -0.4 is 0 Å². The Morgan fingerprint density at radius 3 is 2.55 bits per heavy atom. The summed E-state index contributed by atoms with van der Waals surface area (Å²) in [5, 5.41) is 0. The average Bonchev–Trinajstić information content (AvgIpc) is 2.43. The van der Waals surface area contributed by atoms with E-state index >= 15 is 0 Å². The van der Waals surface area contributed by atoms with Crippen molar-refractivity contribution in [3.63, 3.8) is 0 Å².